The SMILES string of the molecule is O=C1Nc2cc(-c3ccc4c(c3)NC(=O)C4=O)ccc2C1=O. The number of anilines is 2. The molecule has 2 N–H and O–H groups in total. The first kappa shape index (κ1) is 12.5. The van der Waals surface area contributed by atoms with Crippen LogP contribution < -0.4 is 10.6 Å². The summed E-state index contributed by atoms with van der Waals surface area (Å²) in [6.45, 7) is 0. The molecular weight excluding hydrogens is 284 g/mol. The summed E-state index contributed by atoms with van der Waals surface area (Å²) in [5.41, 5.74) is 3.16. The molecule has 0 aliphatic carbocycles. The van der Waals surface area contributed by atoms with E-state index in [0.29, 0.717) is 22.5 Å². The van der Waals surface area contributed by atoms with E-state index in [9.17, 15) is 19.2 Å². The van der Waals surface area contributed by atoms with Gasteiger partial charge in [-0.2, -0.15) is 0 Å². The second-order valence-electron chi connectivity index (χ2n) is 5.09. The Morgan fingerprint density at radius 2 is 1.00 bits per heavy atom. The monoisotopic (exact) mass is 292 g/mol. The van der Waals surface area contributed by atoms with Gasteiger partial charge in [-0.1, -0.05) is 12.1 Å². The molecule has 2 aromatic rings. The van der Waals surface area contributed by atoms with Crippen molar-refractivity contribution in [2.24, 2.45) is 0 Å². The minimum atomic E-state index is -0.640. The maximum atomic E-state index is 11.6. The van der Waals surface area contributed by atoms with Gasteiger partial charge in [-0.3, -0.25) is 19.2 Å². The number of amides is 2. The number of hydrogen-bond donors (Lipinski definition) is 2. The van der Waals surface area contributed by atoms with Gasteiger partial charge in [-0.25, -0.2) is 0 Å². The van der Waals surface area contributed by atoms with Crippen LogP contribution in [0.1, 0.15) is 20.7 Å². The summed E-state index contributed by atoms with van der Waals surface area (Å²) < 4.78 is 0. The molecule has 0 unspecified atom stereocenters. The summed E-state index contributed by atoms with van der Waals surface area (Å²) in [7, 11) is 0. The van der Waals surface area contributed by atoms with Gasteiger partial charge in [-0.05, 0) is 35.4 Å². The van der Waals surface area contributed by atoms with Crippen molar-refractivity contribution in [1.29, 1.82) is 0 Å². The average molecular weight is 292 g/mol. The van der Waals surface area contributed by atoms with Crippen molar-refractivity contribution >= 4 is 34.8 Å². The third-order valence-electron chi connectivity index (χ3n) is 3.77. The minimum absolute atomic E-state index is 0.346. The van der Waals surface area contributed by atoms with Crippen molar-refractivity contribution in [3.05, 3.63) is 47.5 Å². The largest absolute Gasteiger partial charge is 0.318 e. The molecule has 0 fully saturated rings. The molecule has 2 aliphatic heterocycles. The molecule has 0 atom stereocenters. The fourth-order valence-electron chi connectivity index (χ4n) is 2.65. The Bertz CT molecular complexity index is 839. The lowest BCUT2D eigenvalue weighted by Crippen LogP contribution is -2.12. The van der Waals surface area contributed by atoms with Crippen molar-refractivity contribution in [2.75, 3.05) is 10.6 Å². The van der Waals surface area contributed by atoms with Gasteiger partial charge in [0.05, 0.1) is 22.5 Å². The van der Waals surface area contributed by atoms with Crippen molar-refractivity contribution in [2.45, 2.75) is 0 Å². The van der Waals surface area contributed by atoms with Crippen LogP contribution in [-0.4, -0.2) is 23.4 Å². The highest BCUT2D eigenvalue weighted by Gasteiger charge is 2.29. The molecule has 0 radical (unpaired) electrons. The number of Topliss-reactive ketones (excluding diaryl/α,β-unsaturated/α-hetero) is 2. The third-order valence-corrected chi connectivity index (χ3v) is 3.77. The van der Waals surface area contributed by atoms with Crippen LogP contribution in [0.3, 0.4) is 0 Å². The molecule has 6 nitrogen and oxygen atoms in total. The number of rotatable bonds is 1. The van der Waals surface area contributed by atoms with E-state index in [2.05, 4.69) is 10.6 Å². The first-order chi connectivity index (χ1) is 10.5. The Hall–Kier alpha value is -3.28. The fraction of sp³-hybridized carbons (Fsp3) is 0. The third kappa shape index (κ3) is 1.61. The Kier molecular flexibility index (Phi) is 2.33. The van der Waals surface area contributed by atoms with Gasteiger partial charge < -0.3 is 10.6 Å². The number of fused-ring (bicyclic) bond motifs is 2. The molecule has 0 aromatic heterocycles. The second kappa shape index (κ2) is 4.11. The van der Waals surface area contributed by atoms with Crippen LogP contribution in [0, 0.1) is 0 Å². The Balaban J connectivity index is 1.79. The van der Waals surface area contributed by atoms with E-state index in [4.69, 9.17) is 0 Å². The van der Waals surface area contributed by atoms with Crippen molar-refractivity contribution in [1.82, 2.24) is 0 Å². The topological polar surface area (TPSA) is 92.3 Å². The van der Waals surface area contributed by atoms with Gasteiger partial charge in [0.2, 0.25) is 0 Å². The molecule has 22 heavy (non-hydrogen) atoms. The Morgan fingerprint density at radius 3 is 1.41 bits per heavy atom. The maximum absolute atomic E-state index is 11.6. The first-order valence-corrected chi connectivity index (χ1v) is 6.54. The summed E-state index contributed by atoms with van der Waals surface area (Å²) in [5.74, 6) is -2.38. The normalized spacial score (nSPS) is 15.5. The zero-order valence-corrected chi connectivity index (χ0v) is 11.1. The number of ketones is 2. The lowest BCUT2D eigenvalue weighted by atomic mass is 10.00. The van der Waals surface area contributed by atoms with E-state index in [1.54, 1.807) is 36.4 Å². The molecule has 106 valence electrons. The number of hydrogen-bond acceptors (Lipinski definition) is 4. The molecule has 4 rings (SSSR count). The Labute approximate surface area is 124 Å². The summed E-state index contributed by atoms with van der Waals surface area (Å²) >= 11 is 0. The molecule has 0 saturated carbocycles. The van der Waals surface area contributed by atoms with Crippen molar-refractivity contribution in [3.63, 3.8) is 0 Å². The molecular formula is C16H8N2O4. The molecule has 0 saturated heterocycles. The number of benzene rings is 2. The average Bonchev–Trinajstić information content (AvgIpc) is 2.96. The van der Waals surface area contributed by atoms with Gasteiger partial charge >= 0.3 is 0 Å². The quantitative estimate of drug-likeness (QED) is 0.781. The number of carbonyl (C=O) groups excluding carboxylic acids is 4. The highest BCUT2D eigenvalue weighted by atomic mass is 16.2. The van der Waals surface area contributed by atoms with Gasteiger partial charge in [0, 0.05) is 0 Å². The maximum Gasteiger partial charge on any atom is 0.296 e. The number of carbonyl (C=O) groups is 4. The summed E-state index contributed by atoms with van der Waals surface area (Å²) in [6, 6.07) is 10.00. The summed E-state index contributed by atoms with van der Waals surface area (Å²) in [4.78, 5) is 45.9. The predicted molar refractivity (Wildman–Crippen MR) is 77.8 cm³/mol. The summed E-state index contributed by atoms with van der Waals surface area (Å²) in [6.07, 6.45) is 0. The zero-order chi connectivity index (χ0) is 15.4. The van der Waals surface area contributed by atoms with Crippen LogP contribution >= 0.6 is 0 Å². The molecule has 6 heteroatoms. The minimum Gasteiger partial charge on any atom is -0.318 e. The van der Waals surface area contributed by atoms with Gasteiger partial charge in [0.25, 0.3) is 23.4 Å². The smallest absolute Gasteiger partial charge is 0.296 e. The van der Waals surface area contributed by atoms with E-state index in [0.717, 1.165) is 11.1 Å². The molecule has 2 amide bonds. The second-order valence-corrected chi connectivity index (χ2v) is 5.09. The van der Waals surface area contributed by atoms with Gasteiger partial charge in [0.1, 0.15) is 0 Å². The van der Waals surface area contributed by atoms with Crippen molar-refractivity contribution < 1.29 is 19.2 Å². The van der Waals surface area contributed by atoms with E-state index >= 15 is 0 Å². The van der Waals surface area contributed by atoms with E-state index < -0.39 is 23.4 Å². The highest BCUT2D eigenvalue weighted by Crippen LogP contribution is 2.33. The van der Waals surface area contributed by atoms with Gasteiger partial charge in [0.15, 0.2) is 0 Å². The molecule has 2 aliphatic rings. The predicted octanol–water partition coefficient (Wildman–Crippen LogP) is 1.62. The van der Waals surface area contributed by atoms with E-state index in [1.807, 2.05) is 0 Å². The van der Waals surface area contributed by atoms with Gasteiger partial charge in [-0.15, -0.1) is 0 Å². The van der Waals surface area contributed by atoms with Crippen LogP contribution in [-0.2, 0) is 9.59 Å². The van der Waals surface area contributed by atoms with E-state index in [1.165, 1.54) is 0 Å². The lowest BCUT2D eigenvalue weighted by Gasteiger charge is -2.06. The van der Waals surface area contributed by atoms with E-state index in [-0.39, 0.29) is 0 Å². The molecule has 0 bridgehead atoms. The standard InChI is InChI=1S/C16H8N2O4/c19-13-9-3-1-7(5-11(9)17-15(13)21)8-2-4-10-12(6-8)18-16(22)14(10)20/h1-6H,(H,17,19,21)(H,18,20,22). The van der Waals surface area contributed by atoms with Crippen LogP contribution in [0.25, 0.3) is 11.1 Å². The highest BCUT2D eigenvalue weighted by molar-refractivity contribution is 6.52. The van der Waals surface area contributed by atoms with Crippen LogP contribution in [0.2, 0.25) is 0 Å². The Morgan fingerprint density at radius 1 is 0.591 bits per heavy atom. The fourth-order valence-corrected chi connectivity index (χ4v) is 2.65. The van der Waals surface area contributed by atoms with Crippen LogP contribution in [0.4, 0.5) is 11.4 Å². The van der Waals surface area contributed by atoms with Crippen LogP contribution in [0.15, 0.2) is 36.4 Å². The van der Waals surface area contributed by atoms with Crippen molar-refractivity contribution in [3.8, 4) is 11.1 Å². The molecule has 2 heterocycles. The summed E-state index contributed by atoms with van der Waals surface area (Å²) in [5, 5.41) is 5.02. The molecule has 2 aromatic carbocycles. The lowest BCUT2D eigenvalue weighted by molar-refractivity contribution is -0.112. The molecule has 0 spiro atoms. The zero-order valence-electron chi connectivity index (χ0n) is 11.1. The first-order valence-electron chi connectivity index (χ1n) is 6.54. The van der Waals surface area contributed by atoms with Crippen LogP contribution in [0.5, 0.6) is 0 Å². The number of nitrogens with one attached hydrogen (secondary N) is 2.